The van der Waals surface area contributed by atoms with Crippen LogP contribution < -0.4 is 0 Å². The molecule has 0 saturated carbocycles. The normalized spacial score (nSPS) is 15.8. The average Bonchev–Trinajstić information content (AvgIpc) is 3.10. The number of hydrogen-bond donors (Lipinski definition) is 1. The summed E-state index contributed by atoms with van der Waals surface area (Å²) >= 11 is 0. The van der Waals surface area contributed by atoms with E-state index in [9.17, 15) is 4.79 Å². The van der Waals surface area contributed by atoms with Crippen LogP contribution in [0, 0.1) is 0 Å². The molecule has 2 heterocycles. The molecule has 4 rings (SSSR count). The Labute approximate surface area is 152 Å². The zero-order valence-electron chi connectivity index (χ0n) is 14.9. The quantitative estimate of drug-likeness (QED) is 0.793. The molecule has 1 amide bonds. The van der Waals surface area contributed by atoms with Gasteiger partial charge in [0, 0.05) is 37.1 Å². The van der Waals surface area contributed by atoms with E-state index in [0.29, 0.717) is 0 Å². The van der Waals surface area contributed by atoms with E-state index in [-0.39, 0.29) is 5.91 Å². The molecular weight excluding hydrogens is 324 g/mol. The number of likely N-dealkylation sites (N-methyl/N-ethyl adjacent to an activating group) is 1. The molecule has 0 atom stereocenters. The first-order valence-corrected chi connectivity index (χ1v) is 8.90. The predicted octanol–water partition coefficient (Wildman–Crippen LogP) is 3.12. The monoisotopic (exact) mass is 346 g/mol. The van der Waals surface area contributed by atoms with Crippen molar-refractivity contribution in [3.05, 3.63) is 65.4 Å². The third-order valence-electron chi connectivity index (χ3n) is 4.88. The van der Waals surface area contributed by atoms with Crippen molar-refractivity contribution in [2.45, 2.75) is 0 Å². The second-order valence-electron chi connectivity index (χ2n) is 6.71. The fraction of sp³-hybridized carbons (Fsp3) is 0.238. The van der Waals surface area contributed by atoms with Gasteiger partial charge in [0.1, 0.15) is 0 Å². The smallest absolute Gasteiger partial charge is 0.253 e. The topological polar surface area (TPSA) is 52.2 Å². The first-order valence-electron chi connectivity index (χ1n) is 8.90. The summed E-state index contributed by atoms with van der Waals surface area (Å²) in [7, 11) is 2.09. The molecule has 1 fully saturated rings. The Morgan fingerprint density at radius 3 is 2.50 bits per heavy atom. The number of para-hydroxylation sites is 1. The highest BCUT2D eigenvalue weighted by molar-refractivity contribution is 5.95. The zero-order valence-corrected chi connectivity index (χ0v) is 14.9. The minimum absolute atomic E-state index is 0.118. The Morgan fingerprint density at radius 1 is 1.00 bits per heavy atom. The van der Waals surface area contributed by atoms with Gasteiger partial charge in [-0.1, -0.05) is 36.4 Å². The third kappa shape index (κ3) is 3.39. The van der Waals surface area contributed by atoms with Crippen molar-refractivity contribution in [1.29, 1.82) is 0 Å². The van der Waals surface area contributed by atoms with Crippen molar-refractivity contribution in [1.82, 2.24) is 20.0 Å². The van der Waals surface area contributed by atoms with E-state index in [0.717, 1.165) is 53.9 Å². The number of fused-ring (bicyclic) bond motifs is 1. The van der Waals surface area contributed by atoms with Crippen molar-refractivity contribution in [2.24, 2.45) is 0 Å². The summed E-state index contributed by atoms with van der Waals surface area (Å²) in [5.74, 6) is 0.118. The molecule has 1 N–H and O–H groups in total. The number of benzene rings is 2. The first-order chi connectivity index (χ1) is 12.7. The van der Waals surface area contributed by atoms with Gasteiger partial charge in [0.15, 0.2) is 0 Å². The van der Waals surface area contributed by atoms with Crippen molar-refractivity contribution in [3.8, 4) is 0 Å². The molecule has 5 heteroatoms. The molecule has 0 bridgehead atoms. The van der Waals surface area contributed by atoms with Gasteiger partial charge < -0.3 is 9.80 Å². The van der Waals surface area contributed by atoms with Crippen molar-refractivity contribution < 1.29 is 4.79 Å². The van der Waals surface area contributed by atoms with E-state index in [1.165, 1.54) is 0 Å². The highest BCUT2D eigenvalue weighted by atomic mass is 16.2. The molecule has 0 unspecified atom stereocenters. The maximum atomic E-state index is 12.6. The van der Waals surface area contributed by atoms with Gasteiger partial charge in [-0.15, -0.1) is 0 Å². The molecule has 0 spiro atoms. The van der Waals surface area contributed by atoms with Gasteiger partial charge in [0.25, 0.3) is 5.91 Å². The van der Waals surface area contributed by atoms with Crippen molar-refractivity contribution in [2.75, 3.05) is 33.2 Å². The van der Waals surface area contributed by atoms with E-state index in [1.54, 1.807) is 0 Å². The fourth-order valence-electron chi connectivity index (χ4n) is 3.22. The second-order valence-corrected chi connectivity index (χ2v) is 6.71. The summed E-state index contributed by atoms with van der Waals surface area (Å²) in [4.78, 5) is 16.8. The van der Waals surface area contributed by atoms with Crippen LogP contribution in [0.2, 0.25) is 0 Å². The van der Waals surface area contributed by atoms with Crippen LogP contribution in [0.15, 0.2) is 48.5 Å². The highest BCUT2D eigenvalue weighted by Crippen LogP contribution is 2.18. The number of aromatic nitrogens is 2. The number of H-pyrrole nitrogens is 1. The molecule has 5 nitrogen and oxygen atoms in total. The lowest BCUT2D eigenvalue weighted by atomic mass is 10.1. The van der Waals surface area contributed by atoms with Crippen LogP contribution >= 0.6 is 0 Å². The minimum Gasteiger partial charge on any atom is -0.336 e. The van der Waals surface area contributed by atoms with E-state index in [2.05, 4.69) is 28.2 Å². The summed E-state index contributed by atoms with van der Waals surface area (Å²) in [5.41, 5.74) is 3.74. The standard InChI is InChI=1S/C21H22N4O/c1-24-12-14-25(15-13-24)21(26)17-9-6-16(7-10-17)8-11-20-18-4-2-3-5-19(18)22-23-20/h2-11H,12-15H2,1H3,(H,22,23). The Bertz CT molecular complexity index is 934. The Hall–Kier alpha value is -2.92. The lowest BCUT2D eigenvalue weighted by molar-refractivity contribution is 0.0664. The minimum atomic E-state index is 0.118. The number of nitrogens with zero attached hydrogens (tertiary/aromatic N) is 3. The number of carbonyl (C=O) groups is 1. The number of nitrogens with one attached hydrogen (secondary N) is 1. The molecule has 0 aliphatic carbocycles. The summed E-state index contributed by atoms with van der Waals surface area (Å²) in [6.07, 6.45) is 4.02. The zero-order chi connectivity index (χ0) is 17.9. The second kappa shape index (κ2) is 7.14. The van der Waals surface area contributed by atoms with E-state index in [4.69, 9.17) is 0 Å². The molecular formula is C21H22N4O. The Kier molecular flexibility index (Phi) is 4.54. The molecule has 3 aromatic rings. The highest BCUT2D eigenvalue weighted by Gasteiger charge is 2.19. The lowest BCUT2D eigenvalue weighted by Crippen LogP contribution is -2.47. The van der Waals surface area contributed by atoms with Crippen molar-refractivity contribution in [3.63, 3.8) is 0 Å². The van der Waals surface area contributed by atoms with Crippen LogP contribution in [0.25, 0.3) is 23.1 Å². The van der Waals surface area contributed by atoms with Gasteiger partial charge in [-0.3, -0.25) is 9.89 Å². The molecule has 2 aromatic carbocycles. The van der Waals surface area contributed by atoms with Crippen LogP contribution in [-0.2, 0) is 0 Å². The number of hydrogen-bond acceptors (Lipinski definition) is 3. The number of piperazine rings is 1. The Balaban J connectivity index is 1.46. The first kappa shape index (κ1) is 16.5. The average molecular weight is 346 g/mol. The van der Waals surface area contributed by atoms with Gasteiger partial charge in [-0.25, -0.2) is 0 Å². The van der Waals surface area contributed by atoms with Crippen LogP contribution in [0.5, 0.6) is 0 Å². The van der Waals surface area contributed by atoms with Gasteiger partial charge in [-0.05, 0) is 36.9 Å². The summed E-state index contributed by atoms with van der Waals surface area (Å²) < 4.78 is 0. The lowest BCUT2D eigenvalue weighted by Gasteiger charge is -2.32. The SMILES string of the molecule is CN1CCN(C(=O)c2ccc(C=Cc3n[nH]c4ccccc34)cc2)CC1. The van der Waals surface area contributed by atoms with Gasteiger partial charge in [0.05, 0.1) is 11.2 Å². The van der Waals surface area contributed by atoms with Gasteiger partial charge in [0.2, 0.25) is 0 Å². The number of aromatic amines is 1. The summed E-state index contributed by atoms with van der Waals surface area (Å²) in [5, 5.41) is 8.48. The Morgan fingerprint density at radius 2 is 1.73 bits per heavy atom. The molecule has 1 aliphatic heterocycles. The maximum absolute atomic E-state index is 12.6. The fourth-order valence-corrected chi connectivity index (χ4v) is 3.22. The number of carbonyl (C=O) groups excluding carboxylic acids is 1. The molecule has 0 radical (unpaired) electrons. The molecule has 1 saturated heterocycles. The van der Waals surface area contributed by atoms with Gasteiger partial charge >= 0.3 is 0 Å². The molecule has 132 valence electrons. The summed E-state index contributed by atoms with van der Waals surface area (Å²) in [6, 6.07) is 15.8. The molecule has 1 aromatic heterocycles. The maximum Gasteiger partial charge on any atom is 0.253 e. The van der Waals surface area contributed by atoms with Crippen LogP contribution in [-0.4, -0.2) is 59.1 Å². The van der Waals surface area contributed by atoms with E-state index in [1.807, 2.05) is 59.5 Å². The molecule has 1 aliphatic rings. The molecule has 26 heavy (non-hydrogen) atoms. The van der Waals surface area contributed by atoms with Crippen LogP contribution in [0.4, 0.5) is 0 Å². The predicted molar refractivity (Wildman–Crippen MR) is 105 cm³/mol. The third-order valence-corrected chi connectivity index (χ3v) is 4.88. The van der Waals surface area contributed by atoms with Crippen molar-refractivity contribution >= 4 is 29.0 Å². The van der Waals surface area contributed by atoms with Crippen LogP contribution in [0.3, 0.4) is 0 Å². The van der Waals surface area contributed by atoms with E-state index >= 15 is 0 Å². The number of rotatable bonds is 3. The van der Waals surface area contributed by atoms with Gasteiger partial charge in [-0.2, -0.15) is 5.10 Å². The largest absolute Gasteiger partial charge is 0.336 e. The number of amides is 1. The summed E-state index contributed by atoms with van der Waals surface area (Å²) in [6.45, 7) is 3.46. The van der Waals surface area contributed by atoms with E-state index < -0.39 is 0 Å². The van der Waals surface area contributed by atoms with Crippen LogP contribution in [0.1, 0.15) is 21.6 Å².